The normalized spacial score (nSPS) is 10.1. The molecule has 0 saturated heterocycles. The quantitative estimate of drug-likeness (QED) is 0.772. The second kappa shape index (κ2) is 4.18. The summed E-state index contributed by atoms with van der Waals surface area (Å²) in [6, 6.07) is 8.81. The average Bonchev–Trinajstić information content (AvgIpc) is 2.25. The van der Waals surface area contributed by atoms with Crippen LogP contribution in [0.1, 0.15) is 11.3 Å². The fourth-order valence-corrected chi connectivity index (χ4v) is 1.32. The first-order chi connectivity index (χ1) is 7.65. The predicted octanol–water partition coefficient (Wildman–Crippen LogP) is 2.80. The molecule has 1 aromatic carbocycles. The number of aryl methyl sites for hydroxylation is 2. The van der Waals surface area contributed by atoms with Crippen molar-refractivity contribution in [2.75, 3.05) is 0 Å². The van der Waals surface area contributed by atoms with Gasteiger partial charge in [-0.15, -0.1) is 5.10 Å². The zero-order valence-electron chi connectivity index (χ0n) is 9.19. The third kappa shape index (κ3) is 2.28. The van der Waals surface area contributed by atoms with Crippen LogP contribution in [0.4, 0.5) is 5.69 Å². The van der Waals surface area contributed by atoms with Crippen LogP contribution in [0, 0.1) is 13.8 Å². The van der Waals surface area contributed by atoms with Gasteiger partial charge in [-0.05, 0) is 43.7 Å². The summed E-state index contributed by atoms with van der Waals surface area (Å²) >= 11 is 0. The number of aromatic nitrogens is 2. The Hall–Kier alpha value is -2.10. The van der Waals surface area contributed by atoms with E-state index >= 15 is 0 Å². The molecule has 0 spiro atoms. The summed E-state index contributed by atoms with van der Waals surface area (Å²) in [4.78, 5) is 0. The Morgan fingerprint density at radius 2 is 1.88 bits per heavy atom. The predicted molar refractivity (Wildman–Crippen MR) is 60.8 cm³/mol. The SMILES string of the molecule is Cc1ccc(Oc2ccc([NH])cc2C)nn1. The number of nitrogens with one attached hydrogen (secondary N) is 1. The molecule has 1 aromatic heterocycles. The molecule has 0 aliphatic rings. The van der Waals surface area contributed by atoms with Crippen LogP contribution in [0.3, 0.4) is 0 Å². The summed E-state index contributed by atoms with van der Waals surface area (Å²) < 4.78 is 5.56. The summed E-state index contributed by atoms with van der Waals surface area (Å²) in [6.07, 6.45) is 0. The third-order valence-corrected chi connectivity index (χ3v) is 2.16. The highest BCUT2D eigenvalue weighted by Crippen LogP contribution is 2.25. The van der Waals surface area contributed by atoms with E-state index in [2.05, 4.69) is 10.2 Å². The fraction of sp³-hybridized carbons (Fsp3) is 0.167. The van der Waals surface area contributed by atoms with Crippen molar-refractivity contribution in [3.63, 3.8) is 0 Å². The monoisotopic (exact) mass is 214 g/mol. The van der Waals surface area contributed by atoms with Gasteiger partial charge in [-0.3, -0.25) is 0 Å². The molecule has 4 nitrogen and oxygen atoms in total. The lowest BCUT2D eigenvalue weighted by molar-refractivity contribution is 0.451. The van der Waals surface area contributed by atoms with Gasteiger partial charge >= 0.3 is 0 Å². The van der Waals surface area contributed by atoms with Gasteiger partial charge in [0.25, 0.3) is 0 Å². The zero-order chi connectivity index (χ0) is 11.5. The molecule has 0 aliphatic heterocycles. The van der Waals surface area contributed by atoms with Crippen LogP contribution in [0.25, 0.3) is 0 Å². The first-order valence-electron chi connectivity index (χ1n) is 4.95. The maximum Gasteiger partial charge on any atom is 0.238 e. The summed E-state index contributed by atoms with van der Waals surface area (Å²) in [7, 11) is 0. The second-order valence-corrected chi connectivity index (χ2v) is 3.60. The Morgan fingerprint density at radius 1 is 1.06 bits per heavy atom. The molecule has 0 atom stereocenters. The highest BCUT2D eigenvalue weighted by Gasteiger charge is 2.03. The van der Waals surface area contributed by atoms with Crippen molar-refractivity contribution in [1.29, 1.82) is 0 Å². The lowest BCUT2D eigenvalue weighted by Gasteiger charge is -2.07. The van der Waals surface area contributed by atoms with Gasteiger partial charge in [0.05, 0.1) is 11.4 Å². The van der Waals surface area contributed by atoms with Crippen molar-refractivity contribution in [3.8, 4) is 11.6 Å². The molecule has 16 heavy (non-hydrogen) atoms. The van der Waals surface area contributed by atoms with Gasteiger partial charge in [0.1, 0.15) is 5.75 Å². The molecule has 1 N–H and O–H groups in total. The van der Waals surface area contributed by atoms with Crippen LogP contribution < -0.4 is 10.5 Å². The average molecular weight is 214 g/mol. The van der Waals surface area contributed by atoms with Gasteiger partial charge in [-0.2, -0.15) is 5.10 Å². The van der Waals surface area contributed by atoms with Crippen LogP contribution in [-0.2, 0) is 0 Å². The van der Waals surface area contributed by atoms with Crippen LogP contribution in [0.2, 0.25) is 0 Å². The van der Waals surface area contributed by atoms with Gasteiger partial charge in [0.2, 0.25) is 5.88 Å². The van der Waals surface area contributed by atoms with Gasteiger partial charge in [-0.1, -0.05) is 0 Å². The molecular weight excluding hydrogens is 202 g/mol. The number of benzene rings is 1. The first kappa shape index (κ1) is 10.4. The molecule has 0 saturated carbocycles. The first-order valence-corrected chi connectivity index (χ1v) is 4.95. The summed E-state index contributed by atoms with van der Waals surface area (Å²) in [5, 5.41) is 7.83. The van der Waals surface area contributed by atoms with Gasteiger partial charge < -0.3 is 10.5 Å². The second-order valence-electron chi connectivity index (χ2n) is 3.60. The topological polar surface area (TPSA) is 58.8 Å². The third-order valence-electron chi connectivity index (χ3n) is 2.16. The molecule has 2 rings (SSSR count). The number of rotatable bonds is 2. The molecule has 0 amide bonds. The Kier molecular flexibility index (Phi) is 2.72. The lowest BCUT2D eigenvalue weighted by atomic mass is 10.2. The van der Waals surface area contributed by atoms with E-state index in [1.54, 1.807) is 24.3 Å². The summed E-state index contributed by atoms with van der Waals surface area (Å²) in [5.41, 5.74) is 9.69. The summed E-state index contributed by atoms with van der Waals surface area (Å²) in [6.45, 7) is 3.77. The fourth-order valence-electron chi connectivity index (χ4n) is 1.32. The highest BCUT2D eigenvalue weighted by atomic mass is 16.5. The number of hydrogen-bond donors (Lipinski definition) is 0. The molecule has 0 unspecified atom stereocenters. The van der Waals surface area contributed by atoms with Crippen molar-refractivity contribution in [2.45, 2.75) is 13.8 Å². The van der Waals surface area contributed by atoms with E-state index < -0.39 is 0 Å². The zero-order valence-corrected chi connectivity index (χ0v) is 9.19. The van der Waals surface area contributed by atoms with Crippen molar-refractivity contribution < 1.29 is 4.74 Å². The minimum absolute atomic E-state index is 0.464. The number of nitrogens with zero attached hydrogens (tertiary/aromatic N) is 2. The van der Waals surface area contributed by atoms with Crippen LogP contribution >= 0.6 is 0 Å². The molecule has 81 valence electrons. The minimum Gasteiger partial charge on any atom is -0.437 e. The van der Waals surface area contributed by atoms with Crippen molar-refractivity contribution in [3.05, 3.63) is 41.6 Å². The highest BCUT2D eigenvalue weighted by molar-refractivity contribution is 5.45. The molecule has 4 heteroatoms. The van der Waals surface area contributed by atoms with Crippen molar-refractivity contribution >= 4 is 5.69 Å². The Morgan fingerprint density at radius 3 is 2.50 bits per heavy atom. The molecule has 1 heterocycles. The van der Waals surface area contributed by atoms with Crippen molar-refractivity contribution in [2.24, 2.45) is 0 Å². The van der Waals surface area contributed by atoms with Gasteiger partial charge in [0.15, 0.2) is 0 Å². The maximum atomic E-state index is 7.46. The van der Waals surface area contributed by atoms with Gasteiger partial charge in [0, 0.05) is 6.07 Å². The standard InChI is InChI=1S/C12H12N3O/c1-8-7-10(13)4-5-11(8)16-12-6-3-9(2)14-15-12/h3-7,13H,1-2H3. The van der Waals surface area contributed by atoms with E-state index in [9.17, 15) is 0 Å². The van der Waals surface area contributed by atoms with E-state index in [0.29, 0.717) is 17.3 Å². The van der Waals surface area contributed by atoms with Gasteiger partial charge in [-0.25, -0.2) is 0 Å². The van der Waals surface area contributed by atoms with Crippen LogP contribution in [-0.4, -0.2) is 10.2 Å². The van der Waals surface area contributed by atoms with E-state index in [1.807, 2.05) is 19.9 Å². The van der Waals surface area contributed by atoms with E-state index in [4.69, 9.17) is 10.5 Å². The molecular formula is C12H12N3O. The molecule has 2 aromatic rings. The molecule has 1 radical (unpaired) electrons. The maximum absolute atomic E-state index is 7.46. The largest absolute Gasteiger partial charge is 0.437 e. The minimum atomic E-state index is 0.464. The molecule has 0 fully saturated rings. The lowest BCUT2D eigenvalue weighted by Crippen LogP contribution is -1.93. The van der Waals surface area contributed by atoms with Crippen LogP contribution in [0.15, 0.2) is 30.3 Å². The van der Waals surface area contributed by atoms with E-state index in [-0.39, 0.29) is 0 Å². The number of hydrogen-bond acceptors (Lipinski definition) is 3. The number of ether oxygens (including phenoxy) is 1. The molecule has 0 bridgehead atoms. The Balaban J connectivity index is 2.23. The van der Waals surface area contributed by atoms with E-state index in [0.717, 1.165) is 11.3 Å². The van der Waals surface area contributed by atoms with Crippen molar-refractivity contribution in [1.82, 2.24) is 15.9 Å². The molecule has 0 aliphatic carbocycles. The summed E-state index contributed by atoms with van der Waals surface area (Å²) in [5.74, 6) is 1.17. The Labute approximate surface area is 94.1 Å². The van der Waals surface area contributed by atoms with Crippen LogP contribution in [0.5, 0.6) is 11.6 Å². The smallest absolute Gasteiger partial charge is 0.238 e. The van der Waals surface area contributed by atoms with E-state index in [1.165, 1.54) is 0 Å². The Bertz CT molecular complexity index is 494.